The highest BCUT2D eigenvalue weighted by molar-refractivity contribution is 6.01. The predicted octanol–water partition coefficient (Wildman–Crippen LogP) is 4.61. The van der Waals surface area contributed by atoms with Gasteiger partial charge in [0.1, 0.15) is 11.6 Å². The van der Waals surface area contributed by atoms with Crippen molar-refractivity contribution in [2.45, 2.75) is 0 Å². The lowest BCUT2D eigenvalue weighted by Crippen LogP contribution is -2.49. The first-order valence-corrected chi connectivity index (χ1v) is 10.1. The normalized spacial score (nSPS) is 14.3. The van der Waals surface area contributed by atoms with Crippen molar-refractivity contribution in [3.8, 4) is 17.2 Å². The topological polar surface area (TPSA) is 47.3 Å². The molecule has 1 heterocycles. The molecule has 0 radical (unpaired) electrons. The molecule has 0 aromatic heterocycles. The van der Waals surface area contributed by atoms with Crippen molar-refractivity contribution < 1.29 is 4.79 Å². The van der Waals surface area contributed by atoms with Gasteiger partial charge in [0, 0.05) is 31.9 Å². The van der Waals surface area contributed by atoms with Gasteiger partial charge in [-0.25, -0.2) is 0 Å². The second-order valence-electron chi connectivity index (χ2n) is 7.27. The first-order valence-electron chi connectivity index (χ1n) is 10.1. The van der Waals surface area contributed by atoms with Crippen LogP contribution in [-0.4, -0.2) is 37.0 Å². The molecule has 0 spiro atoms. The second kappa shape index (κ2) is 9.11. The summed E-state index contributed by atoms with van der Waals surface area (Å²) in [5, 5.41) is 9.57. The van der Waals surface area contributed by atoms with Gasteiger partial charge in [0.15, 0.2) is 0 Å². The summed E-state index contributed by atoms with van der Waals surface area (Å²) in [4.78, 5) is 16.9. The van der Waals surface area contributed by atoms with E-state index in [1.807, 2.05) is 60.7 Å². The lowest BCUT2D eigenvalue weighted by molar-refractivity contribution is -0.126. The van der Waals surface area contributed by atoms with Crippen LogP contribution in [0, 0.1) is 11.3 Å². The lowest BCUT2D eigenvalue weighted by Gasteiger charge is -2.36. The molecular formula is C26H23N3O. The molecule has 1 amide bonds. The Morgan fingerprint density at radius 1 is 0.767 bits per heavy atom. The van der Waals surface area contributed by atoms with Gasteiger partial charge in [0.25, 0.3) is 5.91 Å². The van der Waals surface area contributed by atoms with Crippen LogP contribution >= 0.6 is 0 Å². The third-order valence-corrected chi connectivity index (χ3v) is 5.37. The first-order chi connectivity index (χ1) is 14.7. The van der Waals surface area contributed by atoms with E-state index in [1.54, 1.807) is 11.0 Å². The molecule has 0 N–H and O–H groups in total. The highest BCUT2D eigenvalue weighted by Crippen LogP contribution is 2.21. The molecule has 4 heteroatoms. The summed E-state index contributed by atoms with van der Waals surface area (Å²) >= 11 is 0. The van der Waals surface area contributed by atoms with Crippen molar-refractivity contribution in [3.05, 3.63) is 96.1 Å². The van der Waals surface area contributed by atoms with Crippen molar-refractivity contribution in [1.82, 2.24) is 4.90 Å². The van der Waals surface area contributed by atoms with E-state index < -0.39 is 0 Å². The van der Waals surface area contributed by atoms with Crippen LogP contribution in [0.4, 0.5) is 5.69 Å². The van der Waals surface area contributed by atoms with Crippen molar-refractivity contribution in [2.75, 3.05) is 31.1 Å². The highest BCUT2D eigenvalue weighted by Gasteiger charge is 2.23. The van der Waals surface area contributed by atoms with E-state index in [0.717, 1.165) is 29.8 Å². The summed E-state index contributed by atoms with van der Waals surface area (Å²) in [6.45, 7) is 2.75. The number of benzene rings is 3. The van der Waals surface area contributed by atoms with Crippen LogP contribution in [0.15, 0.2) is 90.5 Å². The summed E-state index contributed by atoms with van der Waals surface area (Å²) in [6.07, 6.45) is 1.68. The van der Waals surface area contributed by atoms with E-state index in [0.29, 0.717) is 13.1 Å². The lowest BCUT2D eigenvalue weighted by atomic mass is 10.0. The number of carbonyl (C=O) groups excluding carboxylic acids is 1. The average molecular weight is 393 g/mol. The number of hydrogen-bond donors (Lipinski definition) is 0. The maximum Gasteiger partial charge on any atom is 0.264 e. The molecule has 148 valence electrons. The number of nitriles is 1. The van der Waals surface area contributed by atoms with Gasteiger partial charge in [-0.05, 0) is 34.9 Å². The third kappa shape index (κ3) is 4.42. The van der Waals surface area contributed by atoms with Crippen LogP contribution in [0.25, 0.3) is 17.2 Å². The number of para-hydroxylation sites is 1. The molecule has 1 fully saturated rings. The van der Waals surface area contributed by atoms with Crippen molar-refractivity contribution >= 4 is 17.7 Å². The van der Waals surface area contributed by atoms with Crippen LogP contribution in [-0.2, 0) is 4.79 Å². The molecule has 0 saturated carbocycles. The minimum atomic E-state index is -0.197. The molecule has 0 bridgehead atoms. The monoisotopic (exact) mass is 393 g/mol. The minimum absolute atomic E-state index is 0.177. The minimum Gasteiger partial charge on any atom is -0.368 e. The standard InChI is InChI=1S/C26H23N3O/c27-20-24(19-21-11-13-23(14-12-21)22-7-3-1-4-8-22)26(30)29-17-15-28(16-18-29)25-9-5-2-6-10-25/h1-14,19H,15-18H2/b24-19-. The van der Waals surface area contributed by atoms with E-state index >= 15 is 0 Å². The van der Waals surface area contributed by atoms with Crippen molar-refractivity contribution in [3.63, 3.8) is 0 Å². The largest absolute Gasteiger partial charge is 0.368 e. The smallest absolute Gasteiger partial charge is 0.264 e. The summed E-state index contributed by atoms with van der Waals surface area (Å²) < 4.78 is 0. The van der Waals surface area contributed by atoms with Crippen molar-refractivity contribution in [1.29, 1.82) is 5.26 Å². The van der Waals surface area contributed by atoms with Gasteiger partial charge in [-0.15, -0.1) is 0 Å². The van der Waals surface area contributed by atoms with Gasteiger partial charge in [-0.3, -0.25) is 4.79 Å². The molecule has 3 aromatic carbocycles. The molecule has 0 aliphatic carbocycles. The maximum atomic E-state index is 12.9. The number of carbonyl (C=O) groups is 1. The van der Waals surface area contributed by atoms with Crippen LogP contribution < -0.4 is 4.90 Å². The summed E-state index contributed by atoms with van der Waals surface area (Å²) in [7, 11) is 0. The third-order valence-electron chi connectivity index (χ3n) is 5.37. The molecule has 30 heavy (non-hydrogen) atoms. The van der Waals surface area contributed by atoms with Gasteiger partial charge in [-0.2, -0.15) is 5.26 Å². The SMILES string of the molecule is N#C/C(=C/c1ccc(-c2ccccc2)cc1)C(=O)N1CCN(c2ccccc2)CC1. The fourth-order valence-electron chi connectivity index (χ4n) is 3.69. The Bertz CT molecular complexity index is 1060. The van der Waals surface area contributed by atoms with Gasteiger partial charge < -0.3 is 9.80 Å². The molecule has 1 aliphatic heterocycles. The Labute approximate surface area is 177 Å². The zero-order valence-corrected chi connectivity index (χ0v) is 16.7. The van der Waals surface area contributed by atoms with E-state index in [1.165, 1.54) is 5.69 Å². The van der Waals surface area contributed by atoms with Gasteiger partial charge in [0.2, 0.25) is 0 Å². The van der Waals surface area contributed by atoms with Gasteiger partial charge in [0.05, 0.1) is 0 Å². The number of nitrogens with zero attached hydrogens (tertiary/aromatic N) is 3. The number of rotatable bonds is 4. The van der Waals surface area contributed by atoms with Gasteiger partial charge in [-0.1, -0.05) is 72.8 Å². The summed E-state index contributed by atoms with van der Waals surface area (Å²) in [5.41, 5.74) is 4.44. The molecule has 4 nitrogen and oxygen atoms in total. The number of amides is 1. The van der Waals surface area contributed by atoms with Crippen LogP contribution in [0.1, 0.15) is 5.56 Å². The fourth-order valence-corrected chi connectivity index (χ4v) is 3.69. The zero-order chi connectivity index (χ0) is 20.8. The van der Waals surface area contributed by atoms with E-state index in [9.17, 15) is 10.1 Å². The Kier molecular flexibility index (Phi) is 5.91. The number of piperazine rings is 1. The molecule has 3 aromatic rings. The maximum absolute atomic E-state index is 12.9. The molecular weight excluding hydrogens is 370 g/mol. The first kappa shape index (κ1) is 19.5. The number of hydrogen-bond acceptors (Lipinski definition) is 3. The molecule has 0 atom stereocenters. The quantitative estimate of drug-likeness (QED) is 0.480. The van der Waals surface area contributed by atoms with Crippen molar-refractivity contribution in [2.24, 2.45) is 0 Å². The highest BCUT2D eigenvalue weighted by atomic mass is 16.2. The van der Waals surface area contributed by atoms with E-state index in [-0.39, 0.29) is 11.5 Å². The fraction of sp³-hybridized carbons (Fsp3) is 0.154. The van der Waals surface area contributed by atoms with Crippen LogP contribution in [0.3, 0.4) is 0 Å². The van der Waals surface area contributed by atoms with E-state index in [2.05, 4.69) is 35.2 Å². The van der Waals surface area contributed by atoms with Gasteiger partial charge >= 0.3 is 0 Å². The van der Waals surface area contributed by atoms with Crippen LogP contribution in [0.2, 0.25) is 0 Å². The zero-order valence-electron chi connectivity index (χ0n) is 16.7. The Morgan fingerprint density at radius 3 is 1.93 bits per heavy atom. The second-order valence-corrected chi connectivity index (χ2v) is 7.27. The molecule has 1 aliphatic rings. The average Bonchev–Trinajstić information content (AvgIpc) is 2.84. The van der Waals surface area contributed by atoms with E-state index in [4.69, 9.17) is 0 Å². The molecule has 1 saturated heterocycles. The predicted molar refractivity (Wildman–Crippen MR) is 121 cm³/mol. The Balaban J connectivity index is 1.43. The molecule has 0 unspecified atom stereocenters. The molecule has 4 rings (SSSR count). The Hall–Kier alpha value is -3.84. The summed E-state index contributed by atoms with van der Waals surface area (Å²) in [5.74, 6) is -0.197. The Morgan fingerprint density at radius 2 is 1.33 bits per heavy atom. The van der Waals surface area contributed by atoms with Crippen LogP contribution in [0.5, 0.6) is 0 Å². The summed E-state index contributed by atoms with van der Waals surface area (Å²) in [6, 6.07) is 30.3. The number of anilines is 1.